The maximum absolute atomic E-state index is 13.5. The molecule has 0 unspecified atom stereocenters. The first-order valence-corrected chi connectivity index (χ1v) is 5.09. The first kappa shape index (κ1) is 14.7. The Bertz CT molecular complexity index is 409. The van der Waals surface area contributed by atoms with Gasteiger partial charge in [0.25, 0.3) is 0 Å². The van der Waals surface area contributed by atoms with Gasteiger partial charge in [-0.15, -0.1) is 0 Å². The fourth-order valence-electron chi connectivity index (χ4n) is 1.41. The summed E-state index contributed by atoms with van der Waals surface area (Å²) in [5, 5.41) is 9.54. The highest BCUT2D eigenvalue weighted by atomic mass is 19.4. The molecule has 1 rings (SSSR count). The highest BCUT2D eigenvalue weighted by Gasteiger charge is 2.38. The molecule has 0 spiro atoms. The summed E-state index contributed by atoms with van der Waals surface area (Å²) in [4.78, 5) is 0. The van der Waals surface area contributed by atoms with Crippen LogP contribution in [0.2, 0.25) is 0 Å². The fraction of sp³-hybridized carbons (Fsp3) is 0.455. The molecule has 102 valence electrons. The van der Waals surface area contributed by atoms with Crippen LogP contribution in [0.5, 0.6) is 5.75 Å². The first-order valence-electron chi connectivity index (χ1n) is 5.09. The third-order valence-electron chi connectivity index (χ3n) is 2.46. The molecule has 0 saturated carbocycles. The van der Waals surface area contributed by atoms with Crippen LogP contribution in [0.3, 0.4) is 0 Å². The lowest BCUT2D eigenvalue weighted by Gasteiger charge is -2.19. The van der Waals surface area contributed by atoms with Crippen molar-refractivity contribution in [2.45, 2.75) is 24.7 Å². The molecular weight excluding hydrogens is 254 g/mol. The maximum Gasteiger partial charge on any atom is 0.403 e. The van der Waals surface area contributed by atoms with Crippen molar-refractivity contribution in [3.8, 4) is 5.75 Å². The number of benzene rings is 1. The second-order valence-electron chi connectivity index (χ2n) is 3.79. The summed E-state index contributed by atoms with van der Waals surface area (Å²) in [6.45, 7) is 0. The Hall–Kier alpha value is -1.34. The van der Waals surface area contributed by atoms with Crippen LogP contribution in [0.4, 0.5) is 17.6 Å². The Morgan fingerprint density at radius 1 is 1.39 bits per heavy atom. The van der Waals surface area contributed by atoms with E-state index >= 15 is 0 Å². The minimum absolute atomic E-state index is 0.212. The van der Waals surface area contributed by atoms with Crippen LogP contribution in [-0.4, -0.2) is 24.4 Å². The van der Waals surface area contributed by atoms with E-state index in [4.69, 9.17) is 10.5 Å². The summed E-state index contributed by atoms with van der Waals surface area (Å²) in [7, 11) is 1.32. The van der Waals surface area contributed by atoms with Gasteiger partial charge in [-0.05, 0) is 12.1 Å². The molecule has 7 heteroatoms. The number of hydrogen-bond donors (Lipinski definition) is 2. The summed E-state index contributed by atoms with van der Waals surface area (Å²) >= 11 is 0. The standard InChI is InChI=1S/C11H13F4NO2/c1-18-6-2-3-7(8(12)4-6)9(17)5-10(16)11(13,14)15/h2-4,9-10,17H,5,16H2,1H3/t9-,10-/m1/s1. The minimum atomic E-state index is -4.62. The van der Waals surface area contributed by atoms with Gasteiger partial charge in [0.2, 0.25) is 0 Å². The number of rotatable bonds is 4. The number of aliphatic hydroxyl groups is 1. The Balaban J connectivity index is 2.81. The molecule has 1 aromatic rings. The van der Waals surface area contributed by atoms with E-state index in [1.165, 1.54) is 19.2 Å². The van der Waals surface area contributed by atoms with Crippen molar-refractivity contribution in [2.24, 2.45) is 5.73 Å². The number of hydrogen-bond acceptors (Lipinski definition) is 3. The first-order chi connectivity index (χ1) is 8.25. The Kier molecular flexibility index (Phi) is 4.53. The molecule has 0 radical (unpaired) electrons. The molecule has 0 saturated heterocycles. The van der Waals surface area contributed by atoms with Crippen molar-refractivity contribution in [1.82, 2.24) is 0 Å². The topological polar surface area (TPSA) is 55.5 Å². The molecule has 0 aliphatic rings. The zero-order chi connectivity index (χ0) is 13.9. The van der Waals surface area contributed by atoms with Crippen LogP contribution in [-0.2, 0) is 0 Å². The summed E-state index contributed by atoms with van der Waals surface area (Å²) in [6, 6.07) is 1.30. The van der Waals surface area contributed by atoms with Crippen LogP contribution < -0.4 is 10.5 Å². The smallest absolute Gasteiger partial charge is 0.403 e. The molecule has 18 heavy (non-hydrogen) atoms. The molecule has 0 amide bonds. The average Bonchev–Trinajstić information content (AvgIpc) is 2.27. The van der Waals surface area contributed by atoms with Crippen molar-refractivity contribution < 1.29 is 27.4 Å². The lowest BCUT2D eigenvalue weighted by molar-refractivity contribution is -0.154. The van der Waals surface area contributed by atoms with Crippen molar-refractivity contribution in [1.29, 1.82) is 0 Å². The predicted molar refractivity (Wildman–Crippen MR) is 56.6 cm³/mol. The van der Waals surface area contributed by atoms with Gasteiger partial charge < -0.3 is 15.6 Å². The number of nitrogens with two attached hydrogens (primary N) is 1. The Labute approximate surface area is 101 Å². The van der Waals surface area contributed by atoms with Gasteiger partial charge >= 0.3 is 6.18 Å². The predicted octanol–water partition coefficient (Wildman–Crippen LogP) is 2.15. The molecule has 1 aromatic carbocycles. The van der Waals surface area contributed by atoms with E-state index < -0.39 is 30.6 Å². The Morgan fingerprint density at radius 2 is 2.00 bits per heavy atom. The molecule has 0 bridgehead atoms. The third kappa shape index (κ3) is 3.58. The lowest BCUT2D eigenvalue weighted by atomic mass is 10.0. The van der Waals surface area contributed by atoms with Crippen LogP contribution in [0.15, 0.2) is 18.2 Å². The zero-order valence-corrected chi connectivity index (χ0v) is 9.54. The molecule has 0 aromatic heterocycles. The molecule has 3 N–H and O–H groups in total. The second-order valence-corrected chi connectivity index (χ2v) is 3.79. The average molecular weight is 267 g/mol. The van der Waals surface area contributed by atoms with Crippen molar-refractivity contribution >= 4 is 0 Å². The van der Waals surface area contributed by atoms with Gasteiger partial charge in [0.1, 0.15) is 17.6 Å². The van der Waals surface area contributed by atoms with E-state index in [9.17, 15) is 22.7 Å². The number of aliphatic hydroxyl groups excluding tert-OH is 1. The van der Waals surface area contributed by atoms with Gasteiger partial charge in [0.15, 0.2) is 0 Å². The van der Waals surface area contributed by atoms with E-state index in [2.05, 4.69) is 0 Å². The monoisotopic (exact) mass is 267 g/mol. The summed E-state index contributed by atoms with van der Waals surface area (Å²) in [5.41, 5.74) is 4.62. The SMILES string of the molecule is COc1ccc([C@H](O)C[C@@H](N)C(F)(F)F)c(F)c1. The van der Waals surface area contributed by atoms with Gasteiger partial charge in [-0.2, -0.15) is 13.2 Å². The summed E-state index contributed by atoms with van der Waals surface area (Å²) in [6.07, 6.45) is -7.04. The fourth-order valence-corrected chi connectivity index (χ4v) is 1.41. The lowest BCUT2D eigenvalue weighted by Crippen LogP contribution is -2.38. The van der Waals surface area contributed by atoms with Gasteiger partial charge in [-0.1, -0.05) is 0 Å². The van der Waals surface area contributed by atoms with E-state index in [-0.39, 0.29) is 11.3 Å². The van der Waals surface area contributed by atoms with Gasteiger partial charge in [0, 0.05) is 18.1 Å². The van der Waals surface area contributed by atoms with Crippen molar-refractivity contribution in [3.63, 3.8) is 0 Å². The maximum atomic E-state index is 13.5. The zero-order valence-electron chi connectivity index (χ0n) is 9.54. The number of methoxy groups -OCH3 is 1. The third-order valence-corrected chi connectivity index (χ3v) is 2.46. The Morgan fingerprint density at radius 3 is 2.44 bits per heavy atom. The van der Waals surface area contributed by atoms with Crippen LogP contribution in [0, 0.1) is 5.82 Å². The molecule has 0 aliphatic heterocycles. The largest absolute Gasteiger partial charge is 0.497 e. The summed E-state index contributed by atoms with van der Waals surface area (Å²) in [5.74, 6) is -0.625. The van der Waals surface area contributed by atoms with E-state index in [1.807, 2.05) is 0 Å². The molecule has 0 heterocycles. The van der Waals surface area contributed by atoms with E-state index in [0.29, 0.717) is 0 Å². The van der Waals surface area contributed by atoms with Crippen molar-refractivity contribution in [2.75, 3.05) is 7.11 Å². The highest BCUT2D eigenvalue weighted by molar-refractivity contribution is 5.30. The van der Waals surface area contributed by atoms with Crippen LogP contribution in [0.25, 0.3) is 0 Å². The number of alkyl halides is 3. The van der Waals surface area contributed by atoms with Crippen LogP contribution >= 0.6 is 0 Å². The van der Waals surface area contributed by atoms with Gasteiger partial charge in [-0.25, -0.2) is 4.39 Å². The highest BCUT2D eigenvalue weighted by Crippen LogP contribution is 2.29. The van der Waals surface area contributed by atoms with Gasteiger partial charge in [-0.3, -0.25) is 0 Å². The molecule has 2 atom stereocenters. The minimum Gasteiger partial charge on any atom is -0.497 e. The van der Waals surface area contributed by atoms with Crippen LogP contribution in [0.1, 0.15) is 18.1 Å². The van der Waals surface area contributed by atoms with Gasteiger partial charge in [0.05, 0.1) is 13.2 Å². The van der Waals surface area contributed by atoms with E-state index in [0.717, 1.165) is 6.07 Å². The summed E-state index contributed by atoms with van der Waals surface area (Å²) < 4.78 is 54.8. The number of ether oxygens (including phenoxy) is 1. The quantitative estimate of drug-likeness (QED) is 0.822. The van der Waals surface area contributed by atoms with E-state index in [1.54, 1.807) is 0 Å². The molecule has 0 fully saturated rings. The molecule has 3 nitrogen and oxygen atoms in total. The second kappa shape index (κ2) is 5.53. The number of halogens is 4. The molecule has 0 aliphatic carbocycles. The molecular formula is C11H13F4NO2. The normalized spacial score (nSPS) is 15.3. The van der Waals surface area contributed by atoms with Crippen molar-refractivity contribution in [3.05, 3.63) is 29.6 Å².